The molecule has 3 nitrogen and oxygen atoms in total. The summed E-state index contributed by atoms with van der Waals surface area (Å²) in [6.07, 6.45) is 2.96. The number of fused-ring (bicyclic) bond motifs is 1. The number of nitrogens with two attached hydrogens (primary N) is 1. The molecule has 1 aliphatic carbocycles. The molecule has 0 saturated heterocycles. The zero-order valence-electron chi connectivity index (χ0n) is 8.03. The first kappa shape index (κ1) is 9.49. The zero-order valence-corrected chi connectivity index (χ0v) is 8.03. The van der Waals surface area contributed by atoms with Gasteiger partial charge in [-0.3, -0.25) is 0 Å². The van der Waals surface area contributed by atoms with Crippen LogP contribution in [0.25, 0.3) is 0 Å². The number of hydrogen-bond donors (Lipinski definition) is 3. The van der Waals surface area contributed by atoms with Gasteiger partial charge in [0, 0.05) is 0 Å². The lowest BCUT2D eigenvalue weighted by molar-refractivity contribution is 0.267. The van der Waals surface area contributed by atoms with Crippen molar-refractivity contribution in [3.63, 3.8) is 0 Å². The average molecular weight is 193 g/mol. The third-order valence-electron chi connectivity index (χ3n) is 2.89. The van der Waals surface area contributed by atoms with E-state index in [1.807, 2.05) is 6.07 Å². The molecule has 1 aliphatic rings. The Morgan fingerprint density at radius 1 is 1.29 bits per heavy atom. The minimum atomic E-state index is -0.317. The molecule has 0 bridgehead atoms. The highest BCUT2D eigenvalue weighted by Crippen LogP contribution is 2.34. The Labute approximate surface area is 83.2 Å². The minimum absolute atomic E-state index is 0.0444. The summed E-state index contributed by atoms with van der Waals surface area (Å²) in [5.74, 6) is 0.367. The number of aliphatic hydroxyl groups is 1. The molecule has 0 radical (unpaired) electrons. The monoisotopic (exact) mass is 193 g/mol. The molecule has 0 spiro atoms. The number of aliphatic hydroxyl groups excluding tert-OH is 1. The van der Waals surface area contributed by atoms with Crippen LogP contribution in [-0.4, -0.2) is 16.8 Å². The van der Waals surface area contributed by atoms with Crippen LogP contribution in [0.3, 0.4) is 0 Å². The fraction of sp³-hybridized carbons (Fsp3) is 0.455. The second kappa shape index (κ2) is 3.59. The van der Waals surface area contributed by atoms with Crippen LogP contribution >= 0.6 is 0 Å². The van der Waals surface area contributed by atoms with Gasteiger partial charge in [-0.25, -0.2) is 0 Å². The van der Waals surface area contributed by atoms with Crippen molar-refractivity contribution in [2.75, 3.05) is 6.61 Å². The molecule has 2 rings (SSSR count). The van der Waals surface area contributed by atoms with Gasteiger partial charge >= 0.3 is 0 Å². The van der Waals surface area contributed by atoms with E-state index in [0.717, 1.165) is 36.0 Å². The molecule has 0 aromatic heterocycles. The van der Waals surface area contributed by atoms with Crippen LogP contribution in [0, 0.1) is 0 Å². The Morgan fingerprint density at radius 3 is 2.71 bits per heavy atom. The van der Waals surface area contributed by atoms with Gasteiger partial charge in [0.1, 0.15) is 5.75 Å². The SMILES string of the molecule is N[C@@H](CO)c1ccc(O)c2c1CCC2. The molecule has 0 heterocycles. The summed E-state index contributed by atoms with van der Waals surface area (Å²) >= 11 is 0. The van der Waals surface area contributed by atoms with E-state index in [9.17, 15) is 5.11 Å². The van der Waals surface area contributed by atoms with Gasteiger partial charge < -0.3 is 15.9 Å². The number of phenolic OH excluding ortho intramolecular Hbond substituents is 1. The van der Waals surface area contributed by atoms with E-state index in [2.05, 4.69) is 0 Å². The molecule has 1 aromatic rings. The lowest BCUT2D eigenvalue weighted by Crippen LogP contribution is -2.16. The second-order valence-electron chi connectivity index (χ2n) is 3.77. The van der Waals surface area contributed by atoms with Gasteiger partial charge in [0.25, 0.3) is 0 Å². The predicted octanol–water partition coefficient (Wildman–Crippen LogP) is 0.873. The summed E-state index contributed by atoms with van der Waals surface area (Å²) in [6.45, 7) is -0.0444. The quantitative estimate of drug-likeness (QED) is 0.653. The van der Waals surface area contributed by atoms with Crippen molar-refractivity contribution < 1.29 is 10.2 Å². The fourth-order valence-corrected chi connectivity index (χ4v) is 2.16. The molecular weight excluding hydrogens is 178 g/mol. The van der Waals surface area contributed by atoms with Crippen LogP contribution in [0.15, 0.2) is 12.1 Å². The van der Waals surface area contributed by atoms with Gasteiger partial charge in [0.15, 0.2) is 0 Å². The molecule has 1 aromatic carbocycles. The molecule has 0 amide bonds. The molecule has 3 heteroatoms. The van der Waals surface area contributed by atoms with Gasteiger partial charge in [0.05, 0.1) is 12.6 Å². The van der Waals surface area contributed by atoms with E-state index in [-0.39, 0.29) is 12.6 Å². The fourth-order valence-electron chi connectivity index (χ4n) is 2.16. The standard InChI is InChI=1S/C11H15NO2/c12-10(6-13)8-4-5-11(14)9-3-1-2-7(8)9/h4-5,10,13-14H,1-3,6,12H2/t10-/m0/s1. The normalized spacial score (nSPS) is 16.7. The smallest absolute Gasteiger partial charge is 0.119 e. The number of aromatic hydroxyl groups is 1. The summed E-state index contributed by atoms with van der Waals surface area (Å²) in [7, 11) is 0. The van der Waals surface area contributed by atoms with Gasteiger partial charge in [0.2, 0.25) is 0 Å². The topological polar surface area (TPSA) is 66.5 Å². The highest BCUT2D eigenvalue weighted by atomic mass is 16.3. The van der Waals surface area contributed by atoms with Gasteiger partial charge in [-0.1, -0.05) is 6.07 Å². The van der Waals surface area contributed by atoms with Crippen LogP contribution in [0.1, 0.15) is 29.2 Å². The van der Waals surface area contributed by atoms with E-state index in [0.29, 0.717) is 5.75 Å². The van der Waals surface area contributed by atoms with Crippen molar-refractivity contribution in [1.29, 1.82) is 0 Å². The van der Waals surface area contributed by atoms with E-state index in [1.165, 1.54) is 0 Å². The molecule has 0 fully saturated rings. The maximum atomic E-state index is 9.61. The number of benzene rings is 1. The van der Waals surface area contributed by atoms with Crippen molar-refractivity contribution >= 4 is 0 Å². The summed E-state index contributed by atoms with van der Waals surface area (Å²) in [5, 5.41) is 18.6. The largest absolute Gasteiger partial charge is 0.508 e. The summed E-state index contributed by atoms with van der Waals surface area (Å²) < 4.78 is 0. The Kier molecular flexibility index (Phi) is 2.44. The Morgan fingerprint density at radius 2 is 2.00 bits per heavy atom. The molecule has 76 valence electrons. The highest BCUT2D eigenvalue weighted by Gasteiger charge is 2.20. The van der Waals surface area contributed by atoms with E-state index < -0.39 is 0 Å². The molecular formula is C11H15NO2. The summed E-state index contributed by atoms with van der Waals surface area (Å²) in [6, 6.07) is 3.18. The van der Waals surface area contributed by atoms with Crippen LogP contribution < -0.4 is 5.73 Å². The number of rotatable bonds is 2. The Hall–Kier alpha value is -1.06. The minimum Gasteiger partial charge on any atom is -0.508 e. The Balaban J connectivity index is 2.48. The van der Waals surface area contributed by atoms with Gasteiger partial charge in [-0.2, -0.15) is 0 Å². The lowest BCUT2D eigenvalue weighted by atomic mass is 9.97. The molecule has 4 N–H and O–H groups in total. The van der Waals surface area contributed by atoms with Crippen molar-refractivity contribution in [3.05, 3.63) is 28.8 Å². The summed E-state index contributed by atoms with van der Waals surface area (Å²) in [4.78, 5) is 0. The molecule has 14 heavy (non-hydrogen) atoms. The predicted molar refractivity (Wildman–Crippen MR) is 54.1 cm³/mol. The van der Waals surface area contributed by atoms with Gasteiger partial charge in [-0.15, -0.1) is 0 Å². The van der Waals surface area contributed by atoms with Crippen LogP contribution in [-0.2, 0) is 12.8 Å². The molecule has 0 saturated carbocycles. The number of hydrogen-bond acceptors (Lipinski definition) is 3. The first-order valence-corrected chi connectivity index (χ1v) is 4.94. The van der Waals surface area contributed by atoms with Crippen LogP contribution in [0.4, 0.5) is 0 Å². The van der Waals surface area contributed by atoms with Crippen molar-refractivity contribution in [1.82, 2.24) is 0 Å². The highest BCUT2D eigenvalue weighted by molar-refractivity contribution is 5.48. The first-order chi connectivity index (χ1) is 6.74. The van der Waals surface area contributed by atoms with E-state index in [1.54, 1.807) is 6.07 Å². The first-order valence-electron chi connectivity index (χ1n) is 4.94. The summed E-state index contributed by atoms with van der Waals surface area (Å²) in [5.41, 5.74) is 8.93. The van der Waals surface area contributed by atoms with Crippen LogP contribution in [0.5, 0.6) is 5.75 Å². The molecule has 0 aliphatic heterocycles. The van der Waals surface area contributed by atoms with Crippen molar-refractivity contribution in [3.8, 4) is 5.75 Å². The van der Waals surface area contributed by atoms with E-state index in [4.69, 9.17) is 10.8 Å². The third-order valence-corrected chi connectivity index (χ3v) is 2.89. The maximum absolute atomic E-state index is 9.61. The third kappa shape index (κ3) is 1.38. The van der Waals surface area contributed by atoms with E-state index >= 15 is 0 Å². The van der Waals surface area contributed by atoms with Crippen molar-refractivity contribution in [2.24, 2.45) is 5.73 Å². The second-order valence-corrected chi connectivity index (χ2v) is 3.77. The van der Waals surface area contributed by atoms with Crippen LogP contribution in [0.2, 0.25) is 0 Å². The van der Waals surface area contributed by atoms with Gasteiger partial charge in [-0.05, 0) is 42.0 Å². The molecule has 1 atom stereocenters. The van der Waals surface area contributed by atoms with Crippen molar-refractivity contribution in [2.45, 2.75) is 25.3 Å². The number of phenols is 1. The lowest BCUT2D eigenvalue weighted by Gasteiger charge is -2.14. The molecule has 0 unspecified atom stereocenters. The zero-order chi connectivity index (χ0) is 10.1. The maximum Gasteiger partial charge on any atom is 0.119 e. The Bertz CT molecular complexity index is 349. The average Bonchev–Trinajstić information content (AvgIpc) is 2.67.